The molecule has 156 valence electrons. The highest BCUT2D eigenvalue weighted by Gasteiger charge is 2.48. The highest BCUT2D eigenvalue weighted by Crippen LogP contribution is 2.30. The van der Waals surface area contributed by atoms with Gasteiger partial charge in [-0.25, -0.2) is 0 Å². The first-order valence-corrected chi connectivity index (χ1v) is 9.85. The van der Waals surface area contributed by atoms with Crippen molar-refractivity contribution in [2.24, 2.45) is 0 Å². The number of benzene rings is 2. The maximum Gasteiger partial charge on any atom is 0.273 e. The van der Waals surface area contributed by atoms with Crippen LogP contribution in [0.5, 0.6) is 0 Å². The molecule has 1 fully saturated rings. The monoisotopic (exact) mass is 407 g/mol. The van der Waals surface area contributed by atoms with Crippen LogP contribution >= 0.6 is 0 Å². The van der Waals surface area contributed by atoms with Crippen LogP contribution in [0.4, 0.5) is 5.69 Å². The van der Waals surface area contributed by atoms with Gasteiger partial charge in [-0.1, -0.05) is 62.0 Å². The van der Waals surface area contributed by atoms with E-state index in [1.807, 2.05) is 37.3 Å². The highest BCUT2D eigenvalue weighted by molar-refractivity contribution is 6.00. The van der Waals surface area contributed by atoms with Crippen molar-refractivity contribution in [2.45, 2.75) is 37.8 Å². The van der Waals surface area contributed by atoms with E-state index in [1.54, 1.807) is 19.2 Å². The second-order valence-corrected chi connectivity index (χ2v) is 7.53. The summed E-state index contributed by atoms with van der Waals surface area (Å²) in [6.07, 6.45) is 2.39. The Morgan fingerprint density at radius 2 is 1.90 bits per heavy atom. The predicted molar refractivity (Wildman–Crippen MR) is 115 cm³/mol. The second-order valence-electron chi connectivity index (χ2n) is 7.53. The van der Waals surface area contributed by atoms with E-state index in [1.165, 1.54) is 17.0 Å². The van der Waals surface area contributed by atoms with Gasteiger partial charge in [-0.05, 0) is 17.5 Å². The van der Waals surface area contributed by atoms with Crippen molar-refractivity contribution < 1.29 is 14.5 Å². The minimum atomic E-state index is -1.03. The third kappa shape index (κ3) is 3.83. The fraction of sp³-hybridized carbons (Fsp3) is 0.304. The van der Waals surface area contributed by atoms with E-state index in [9.17, 15) is 19.7 Å². The lowest BCUT2D eigenvalue weighted by molar-refractivity contribution is -0.385. The number of hydrogen-bond acceptors (Lipinski definition) is 4. The van der Waals surface area contributed by atoms with Crippen molar-refractivity contribution in [1.82, 2.24) is 10.2 Å². The van der Waals surface area contributed by atoms with Crippen molar-refractivity contribution in [2.75, 3.05) is 7.05 Å². The first-order chi connectivity index (χ1) is 14.3. The van der Waals surface area contributed by atoms with Crippen LogP contribution in [0.2, 0.25) is 0 Å². The Labute approximate surface area is 175 Å². The summed E-state index contributed by atoms with van der Waals surface area (Å²) in [6.45, 7) is 5.59. The third-order valence-electron chi connectivity index (χ3n) is 5.82. The van der Waals surface area contributed by atoms with Gasteiger partial charge in [0.2, 0.25) is 11.8 Å². The predicted octanol–water partition coefficient (Wildman–Crippen LogP) is 3.13. The van der Waals surface area contributed by atoms with Gasteiger partial charge in [0.15, 0.2) is 0 Å². The molecule has 1 aliphatic rings. The molecule has 30 heavy (non-hydrogen) atoms. The van der Waals surface area contributed by atoms with E-state index in [-0.39, 0.29) is 23.9 Å². The van der Waals surface area contributed by atoms with Gasteiger partial charge in [0.1, 0.15) is 11.6 Å². The molecule has 1 saturated heterocycles. The first kappa shape index (κ1) is 21.2. The lowest BCUT2D eigenvalue weighted by Gasteiger charge is -2.44. The zero-order valence-corrected chi connectivity index (χ0v) is 17.1. The summed E-state index contributed by atoms with van der Waals surface area (Å²) in [5, 5.41) is 14.4. The molecule has 2 aromatic carbocycles. The molecule has 1 N–H and O–H groups in total. The zero-order chi connectivity index (χ0) is 21.9. The summed E-state index contributed by atoms with van der Waals surface area (Å²) >= 11 is 0. The molecule has 7 heteroatoms. The van der Waals surface area contributed by atoms with Gasteiger partial charge >= 0.3 is 0 Å². The van der Waals surface area contributed by atoms with Crippen LogP contribution in [0.1, 0.15) is 30.0 Å². The van der Waals surface area contributed by atoms with Gasteiger partial charge in [0, 0.05) is 31.5 Å². The van der Waals surface area contributed by atoms with Gasteiger partial charge in [0.05, 0.1) is 4.92 Å². The van der Waals surface area contributed by atoms with Crippen molar-refractivity contribution in [1.29, 1.82) is 0 Å². The molecule has 2 amide bonds. The van der Waals surface area contributed by atoms with E-state index < -0.39 is 16.5 Å². The number of likely N-dealkylation sites (N-methyl/N-ethyl adjacent to an activating group) is 1. The van der Waals surface area contributed by atoms with Gasteiger partial charge in [-0.2, -0.15) is 0 Å². The quantitative estimate of drug-likeness (QED) is 0.564. The maximum atomic E-state index is 13.4. The number of nitrogens with one attached hydrogen (secondary N) is 1. The first-order valence-electron chi connectivity index (χ1n) is 9.85. The summed E-state index contributed by atoms with van der Waals surface area (Å²) in [7, 11) is 1.59. The van der Waals surface area contributed by atoms with Crippen molar-refractivity contribution in [3.05, 3.63) is 81.9 Å². The number of nitrogens with zero attached hydrogens (tertiary/aromatic N) is 2. The molecule has 0 aliphatic carbocycles. The van der Waals surface area contributed by atoms with Crippen LogP contribution < -0.4 is 5.32 Å². The van der Waals surface area contributed by atoms with Crippen molar-refractivity contribution >= 4 is 23.6 Å². The number of carbonyl (C=O) groups excluding carboxylic acids is 2. The van der Waals surface area contributed by atoms with E-state index in [2.05, 4.69) is 11.9 Å². The molecule has 2 atom stereocenters. The lowest BCUT2D eigenvalue weighted by atomic mass is 9.83. The molecule has 7 nitrogen and oxygen atoms in total. The zero-order valence-electron chi connectivity index (χ0n) is 17.1. The Morgan fingerprint density at radius 3 is 2.50 bits per heavy atom. The number of carbonyl (C=O) groups is 2. The number of piperazine rings is 1. The lowest BCUT2D eigenvalue weighted by Crippen LogP contribution is -2.70. The molecular formula is C23H25N3O4. The summed E-state index contributed by atoms with van der Waals surface area (Å²) in [5.74, 6) is -0.514. The average molecular weight is 407 g/mol. The molecule has 1 aliphatic heterocycles. The molecule has 2 aromatic rings. The molecule has 1 heterocycles. The van der Waals surface area contributed by atoms with Gasteiger partial charge in [-0.3, -0.25) is 19.7 Å². The smallest absolute Gasteiger partial charge is 0.273 e. The molecule has 2 unspecified atom stereocenters. The van der Waals surface area contributed by atoms with Crippen LogP contribution in [0.25, 0.3) is 6.08 Å². The molecule has 0 aromatic heterocycles. The normalized spacial score (nSPS) is 21.3. The SMILES string of the molecule is C=Cc1cccc([N+](=O)[O-])c1CC1C(=O)NC(CC)(Cc2ccccc2)C(=O)N1C. The van der Waals surface area contributed by atoms with Gasteiger partial charge < -0.3 is 10.2 Å². The third-order valence-corrected chi connectivity index (χ3v) is 5.82. The summed E-state index contributed by atoms with van der Waals surface area (Å²) in [5.41, 5.74) is 0.803. The molecular weight excluding hydrogens is 382 g/mol. The molecule has 0 bridgehead atoms. The summed E-state index contributed by atoms with van der Waals surface area (Å²) < 4.78 is 0. The Balaban J connectivity index is 1.93. The number of rotatable bonds is 7. The van der Waals surface area contributed by atoms with Gasteiger partial charge in [-0.15, -0.1) is 0 Å². The minimum Gasteiger partial charge on any atom is -0.340 e. The van der Waals surface area contributed by atoms with Crippen molar-refractivity contribution in [3.63, 3.8) is 0 Å². The molecule has 3 rings (SSSR count). The number of nitro benzene ring substituents is 1. The van der Waals surface area contributed by atoms with E-state index >= 15 is 0 Å². The Hall–Kier alpha value is -3.48. The van der Waals surface area contributed by atoms with Crippen LogP contribution in [-0.2, 0) is 22.4 Å². The summed E-state index contributed by atoms with van der Waals surface area (Å²) in [4.78, 5) is 38.9. The molecule has 0 spiro atoms. The van der Waals surface area contributed by atoms with E-state index in [0.717, 1.165) is 5.56 Å². The topological polar surface area (TPSA) is 92.5 Å². The van der Waals surface area contributed by atoms with Gasteiger partial charge in [0.25, 0.3) is 5.69 Å². The molecule has 0 saturated carbocycles. The van der Waals surface area contributed by atoms with Crippen LogP contribution in [0, 0.1) is 10.1 Å². The fourth-order valence-corrected chi connectivity index (χ4v) is 4.06. The second kappa shape index (κ2) is 8.49. The van der Waals surface area contributed by atoms with Crippen LogP contribution in [-0.4, -0.2) is 40.3 Å². The Bertz CT molecular complexity index is 989. The van der Waals surface area contributed by atoms with Crippen molar-refractivity contribution in [3.8, 4) is 0 Å². The number of nitro groups is 1. The minimum absolute atomic E-state index is 0.0394. The largest absolute Gasteiger partial charge is 0.340 e. The highest BCUT2D eigenvalue weighted by atomic mass is 16.6. The standard InChI is InChI=1S/C23H25N3O4/c1-4-17-12-9-13-19(26(29)30)18(17)14-20-21(27)24-23(5-2,22(28)25(20)3)15-16-10-7-6-8-11-16/h4,6-13,20H,1,5,14-15H2,2-3H3,(H,24,27). The number of amides is 2. The Kier molecular flexibility index (Phi) is 6.01. The van der Waals surface area contributed by atoms with Crippen LogP contribution in [0.15, 0.2) is 55.1 Å². The fourth-order valence-electron chi connectivity index (χ4n) is 4.06. The average Bonchev–Trinajstić information content (AvgIpc) is 2.75. The molecule has 0 radical (unpaired) electrons. The number of hydrogen-bond donors (Lipinski definition) is 1. The maximum absolute atomic E-state index is 13.4. The van der Waals surface area contributed by atoms with E-state index in [0.29, 0.717) is 24.0 Å². The summed E-state index contributed by atoms with van der Waals surface area (Å²) in [6, 6.07) is 13.4. The van der Waals surface area contributed by atoms with Crippen LogP contribution in [0.3, 0.4) is 0 Å². The Morgan fingerprint density at radius 1 is 1.20 bits per heavy atom. The van der Waals surface area contributed by atoms with E-state index in [4.69, 9.17) is 0 Å².